The molecule has 1 aliphatic rings. The largest absolute Gasteiger partial charge is 0.316 e. The third-order valence-electron chi connectivity index (χ3n) is 3.57. The lowest BCUT2D eigenvalue weighted by Crippen LogP contribution is -2.38. The maximum Gasteiger partial charge on any atom is 0.0543 e. The van der Waals surface area contributed by atoms with Crippen molar-refractivity contribution in [2.75, 3.05) is 26.2 Å². The standard InChI is InChI=1S/C15H25N3/c1-2-10-18(12-14-6-5-8-16-11-14)13-15-7-3-4-9-17-15/h3-4,7,9,14,16H,2,5-6,8,10-13H2,1H3. The highest BCUT2D eigenvalue weighted by Crippen LogP contribution is 2.13. The van der Waals surface area contributed by atoms with Crippen LogP contribution >= 0.6 is 0 Å². The average Bonchev–Trinajstić information content (AvgIpc) is 2.41. The molecule has 2 heterocycles. The van der Waals surface area contributed by atoms with Gasteiger partial charge in [-0.15, -0.1) is 0 Å². The van der Waals surface area contributed by atoms with Gasteiger partial charge >= 0.3 is 0 Å². The molecule has 0 aromatic carbocycles. The highest BCUT2D eigenvalue weighted by atomic mass is 15.1. The van der Waals surface area contributed by atoms with Gasteiger partial charge in [-0.3, -0.25) is 9.88 Å². The van der Waals surface area contributed by atoms with Crippen molar-refractivity contribution in [1.29, 1.82) is 0 Å². The van der Waals surface area contributed by atoms with E-state index >= 15 is 0 Å². The van der Waals surface area contributed by atoms with Crippen molar-refractivity contribution in [3.63, 3.8) is 0 Å². The summed E-state index contributed by atoms with van der Waals surface area (Å²) in [7, 11) is 0. The van der Waals surface area contributed by atoms with E-state index in [0.29, 0.717) is 0 Å². The number of hydrogen-bond donors (Lipinski definition) is 1. The molecule has 1 N–H and O–H groups in total. The van der Waals surface area contributed by atoms with E-state index in [-0.39, 0.29) is 0 Å². The molecule has 3 heteroatoms. The van der Waals surface area contributed by atoms with Gasteiger partial charge in [0.2, 0.25) is 0 Å². The molecule has 1 aromatic heterocycles. The Morgan fingerprint density at radius 2 is 2.39 bits per heavy atom. The van der Waals surface area contributed by atoms with Crippen LogP contribution in [-0.4, -0.2) is 36.1 Å². The first-order valence-corrected chi connectivity index (χ1v) is 7.21. The van der Waals surface area contributed by atoms with Crippen molar-refractivity contribution in [1.82, 2.24) is 15.2 Å². The summed E-state index contributed by atoms with van der Waals surface area (Å²) in [5.74, 6) is 0.814. The number of aromatic nitrogens is 1. The van der Waals surface area contributed by atoms with Crippen molar-refractivity contribution in [3.05, 3.63) is 30.1 Å². The Balaban J connectivity index is 1.86. The van der Waals surface area contributed by atoms with Crippen LogP contribution in [0, 0.1) is 5.92 Å². The zero-order chi connectivity index (χ0) is 12.6. The molecule has 1 saturated heterocycles. The number of piperidine rings is 1. The Morgan fingerprint density at radius 1 is 1.44 bits per heavy atom. The fourth-order valence-corrected chi connectivity index (χ4v) is 2.72. The minimum atomic E-state index is 0.814. The summed E-state index contributed by atoms with van der Waals surface area (Å²) in [4.78, 5) is 6.99. The Kier molecular flexibility index (Phi) is 5.62. The molecule has 1 unspecified atom stereocenters. The summed E-state index contributed by atoms with van der Waals surface area (Å²) >= 11 is 0. The van der Waals surface area contributed by atoms with Crippen LogP contribution in [0.2, 0.25) is 0 Å². The molecule has 3 nitrogen and oxygen atoms in total. The van der Waals surface area contributed by atoms with Gasteiger partial charge in [0, 0.05) is 19.3 Å². The molecule has 0 saturated carbocycles. The normalized spacial score (nSPS) is 20.2. The number of rotatable bonds is 6. The second-order valence-corrected chi connectivity index (χ2v) is 5.27. The van der Waals surface area contributed by atoms with Crippen molar-refractivity contribution >= 4 is 0 Å². The SMILES string of the molecule is CCCN(Cc1ccccn1)CC1CCCNC1. The Labute approximate surface area is 111 Å². The molecular weight excluding hydrogens is 222 g/mol. The summed E-state index contributed by atoms with van der Waals surface area (Å²) < 4.78 is 0. The van der Waals surface area contributed by atoms with E-state index in [1.54, 1.807) is 0 Å². The van der Waals surface area contributed by atoms with E-state index < -0.39 is 0 Å². The van der Waals surface area contributed by atoms with Gasteiger partial charge < -0.3 is 5.32 Å². The van der Waals surface area contributed by atoms with E-state index in [2.05, 4.69) is 34.3 Å². The topological polar surface area (TPSA) is 28.2 Å². The van der Waals surface area contributed by atoms with Crippen LogP contribution in [0.25, 0.3) is 0 Å². The van der Waals surface area contributed by atoms with E-state index in [0.717, 1.165) is 12.5 Å². The number of hydrogen-bond acceptors (Lipinski definition) is 3. The van der Waals surface area contributed by atoms with Crippen LogP contribution in [0.4, 0.5) is 0 Å². The minimum absolute atomic E-state index is 0.814. The van der Waals surface area contributed by atoms with E-state index in [9.17, 15) is 0 Å². The summed E-state index contributed by atoms with van der Waals surface area (Å²) in [5, 5.41) is 3.50. The quantitative estimate of drug-likeness (QED) is 0.836. The number of nitrogens with zero attached hydrogens (tertiary/aromatic N) is 2. The van der Waals surface area contributed by atoms with Crippen LogP contribution in [0.15, 0.2) is 24.4 Å². The van der Waals surface area contributed by atoms with E-state index in [1.165, 1.54) is 51.1 Å². The van der Waals surface area contributed by atoms with Crippen molar-refractivity contribution in [2.45, 2.75) is 32.7 Å². The predicted molar refractivity (Wildman–Crippen MR) is 75.4 cm³/mol. The fourth-order valence-electron chi connectivity index (χ4n) is 2.72. The van der Waals surface area contributed by atoms with Gasteiger partial charge in [-0.05, 0) is 56.9 Å². The number of nitrogens with one attached hydrogen (secondary N) is 1. The Bertz CT molecular complexity index is 320. The molecule has 0 bridgehead atoms. The molecule has 0 spiro atoms. The fraction of sp³-hybridized carbons (Fsp3) is 0.667. The molecule has 1 aromatic rings. The highest BCUT2D eigenvalue weighted by molar-refractivity contribution is 5.03. The van der Waals surface area contributed by atoms with Crippen molar-refractivity contribution < 1.29 is 0 Å². The van der Waals surface area contributed by atoms with Gasteiger partial charge in [-0.1, -0.05) is 13.0 Å². The molecular formula is C15H25N3. The van der Waals surface area contributed by atoms with E-state index in [1.807, 2.05) is 12.3 Å². The zero-order valence-corrected chi connectivity index (χ0v) is 11.4. The second-order valence-electron chi connectivity index (χ2n) is 5.27. The first-order valence-electron chi connectivity index (χ1n) is 7.21. The van der Waals surface area contributed by atoms with Crippen LogP contribution < -0.4 is 5.32 Å². The molecule has 0 amide bonds. The third-order valence-corrected chi connectivity index (χ3v) is 3.57. The van der Waals surface area contributed by atoms with Crippen molar-refractivity contribution in [2.24, 2.45) is 5.92 Å². The lowest BCUT2D eigenvalue weighted by molar-refractivity contribution is 0.199. The van der Waals surface area contributed by atoms with Crippen LogP contribution in [-0.2, 0) is 6.54 Å². The second kappa shape index (κ2) is 7.49. The van der Waals surface area contributed by atoms with Gasteiger partial charge in [0.05, 0.1) is 5.69 Å². The predicted octanol–water partition coefficient (Wildman–Crippen LogP) is 2.29. The molecule has 1 aliphatic heterocycles. The Hall–Kier alpha value is -0.930. The van der Waals surface area contributed by atoms with Gasteiger partial charge in [0.1, 0.15) is 0 Å². The van der Waals surface area contributed by atoms with Crippen LogP contribution in [0.3, 0.4) is 0 Å². The summed E-state index contributed by atoms with van der Waals surface area (Å²) in [6, 6.07) is 6.19. The maximum absolute atomic E-state index is 4.44. The van der Waals surface area contributed by atoms with Gasteiger partial charge in [-0.25, -0.2) is 0 Å². The molecule has 18 heavy (non-hydrogen) atoms. The van der Waals surface area contributed by atoms with Crippen LogP contribution in [0.5, 0.6) is 0 Å². The van der Waals surface area contributed by atoms with Gasteiger partial charge in [0.25, 0.3) is 0 Å². The lowest BCUT2D eigenvalue weighted by Gasteiger charge is -2.29. The minimum Gasteiger partial charge on any atom is -0.316 e. The Morgan fingerprint density at radius 3 is 3.06 bits per heavy atom. The third kappa shape index (κ3) is 4.39. The van der Waals surface area contributed by atoms with Crippen LogP contribution in [0.1, 0.15) is 31.9 Å². The molecule has 2 rings (SSSR count). The van der Waals surface area contributed by atoms with E-state index in [4.69, 9.17) is 0 Å². The smallest absolute Gasteiger partial charge is 0.0543 e. The monoisotopic (exact) mass is 247 g/mol. The molecule has 1 atom stereocenters. The highest BCUT2D eigenvalue weighted by Gasteiger charge is 2.16. The average molecular weight is 247 g/mol. The molecule has 100 valence electrons. The van der Waals surface area contributed by atoms with Gasteiger partial charge in [0.15, 0.2) is 0 Å². The summed E-state index contributed by atoms with van der Waals surface area (Å²) in [5.41, 5.74) is 1.19. The van der Waals surface area contributed by atoms with Gasteiger partial charge in [-0.2, -0.15) is 0 Å². The zero-order valence-electron chi connectivity index (χ0n) is 11.4. The summed E-state index contributed by atoms with van der Waals surface area (Å²) in [6.45, 7) is 8.01. The molecule has 1 fully saturated rings. The number of pyridine rings is 1. The summed E-state index contributed by atoms with van der Waals surface area (Å²) in [6.07, 6.45) is 5.80. The first kappa shape index (κ1) is 13.5. The lowest BCUT2D eigenvalue weighted by atomic mass is 9.99. The van der Waals surface area contributed by atoms with Crippen molar-refractivity contribution in [3.8, 4) is 0 Å². The molecule has 0 radical (unpaired) electrons. The molecule has 0 aliphatic carbocycles. The maximum atomic E-state index is 4.44. The first-order chi connectivity index (χ1) is 8.88.